The molecule has 0 aromatic carbocycles. The third kappa shape index (κ3) is 1.30. The lowest BCUT2D eigenvalue weighted by molar-refractivity contribution is 0.0251. The standard InChI is InChI=1S/C16H26O/c1-11-7-8-16-9-13(11)15(3,10-17-4)14(16)6-5-12(16)2/h7,12-14H,5-6,8-10H2,1-4H3/t12?,13?,14-,15+,16?/m0/s1. The van der Waals surface area contributed by atoms with Crippen LogP contribution in [0, 0.1) is 28.6 Å². The maximum atomic E-state index is 5.60. The van der Waals surface area contributed by atoms with Crippen molar-refractivity contribution >= 4 is 0 Å². The fourth-order valence-corrected chi connectivity index (χ4v) is 5.63. The van der Waals surface area contributed by atoms with Crippen LogP contribution in [-0.2, 0) is 4.74 Å². The lowest BCUT2D eigenvalue weighted by Gasteiger charge is -2.38. The van der Waals surface area contributed by atoms with E-state index in [2.05, 4.69) is 26.8 Å². The zero-order valence-corrected chi connectivity index (χ0v) is 11.8. The fraction of sp³-hybridized carbons (Fsp3) is 0.875. The maximum Gasteiger partial charge on any atom is 0.0524 e. The van der Waals surface area contributed by atoms with Crippen LogP contribution in [0.4, 0.5) is 0 Å². The Morgan fingerprint density at radius 2 is 2.18 bits per heavy atom. The molecule has 3 aliphatic rings. The average Bonchev–Trinajstić information content (AvgIpc) is 2.70. The second kappa shape index (κ2) is 3.60. The summed E-state index contributed by atoms with van der Waals surface area (Å²) in [6.07, 6.45) is 8.17. The molecule has 0 amide bonds. The van der Waals surface area contributed by atoms with Gasteiger partial charge in [-0.05, 0) is 55.8 Å². The van der Waals surface area contributed by atoms with E-state index >= 15 is 0 Å². The molecule has 3 rings (SSSR count). The quantitative estimate of drug-likeness (QED) is 0.655. The summed E-state index contributed by atoms with van der Waals surface area (Å²) in [6, 6.07) is 0. The molecule has 0 aromatic heterocycles. The van der Waals surface area contributed by atoms with Crippen molar-refractivity contribution in [2.45, 2.75) is 46.5 Å². The van der Waals surface area contributed by atoms with E-state index in [0.717, 1.165) is 24.4 Å². The SMILES string of the molecule is COC[C@]1(C)C2CC3(CC=C2C)C(C)CC[C@H]31. The van der Waals surface area contributed by atoms with Crippen molar-refractivity contribution in [1.82, 2.24) is 0 Å². The number of fused-ring (bicyclic) bond motifs is 1. The van der Waals surface area contributed by atoms with Gasteiger partial charge in [0.1, 0.15) is 0 Å². The summed E-state index contributed by atoms with van der Waals surface area (Å²) in [5, 5.41) is 0. The van der Waals surface area contributed by atoms with Gasteiger partial charge in [-0.1, -0.05) is 25.5 Å². The third-order valence-electron chi connectivity index (χ3n) is 6.55. The van der Waals surface area contributed by atoms with Gasteiger partial charge in [0.15, 0.2) is 0 Å². The Labute approximate surface area is 106 Å². The second-order valence-electron chi connectivity index (χ2n) is 7.11. The highest BCUT2D eigenvalue weighted by Crippen LogP contribution is 2.71. The first kappa shape index (κ1) is 11.8. The Bertz CT molecular complexity index is 359. The van der Waals surface area contributed by atoms with Crippen molar-refractivity contribution in [3.63, 3.8) is 0 Å². The molecule has 96 valence electrons. The van der Waals surface area contributed by atoms with Gasteiger partial charge < -0.3 is 4.74 Å². The Morgan fingerprint density at radius 1 is 1.41 bits per heavy atom. The molecule has 0 heterocycles. The summed E-state index contributed by atoms with van der Waals surface area (Å²) >= 11 is 0. The molecular weight excluding hydrogens is 208 g/mol. The smallest absolute Gasteiger partial charge is 0.0524 e. The normalized spacial score (nSPS) is 52.5. The molecule has 2 saturated carbocycles. The molecule has 5 atom stereocenters. The maximum absolute atomic E-state index is 5.60. The van der Waals surface area contributed by atoms with Gasteiger partial charge in [0.25, 0.3) is 0 Å². The molecule has 2 bridgehead atoms. The zero-order chi connectivity index (χ0) is 12.3. The van der Waals surface area contributed by atoms with Crippen molar-refractivity contribution in [3.8, 4) is 0 Å². The molecule has 0 saturated heterocycles. The van der Waals surface area contributed by atoms with Crippen LogP contribution >= 0.6 is 0 Å². The summed E-state index contributed by atoms with van der Waals surface area (Å²) in [6.45, 7) is 8.28. The largest absolute Gasteiger partial charge is 0.384 e. The molecular formula is C16H26O. The van der Waals surface area contributed by atoms with Gasteiger partial charge >= 0.3 is 0 Å². The average molecular weight is 234 g/mol. The highest BCUT2D eigenvalue weighted by molar-refractivity contribution is 5.26. The zero-order valence-electron chi connectivity index (χ0n) is 11.8. The molecule has 2 fully saturated rings. The molecule has 0 N–H and O–H groups in total. The molecule has 1 nitrogen and oxygen atoms in total. The number of hydrogen-bond donors (Lipinski definition) is 0. The van der Waals surface area contributed by atoms with Gasteiger partial charge in [-0.2, -0.15) is 0 Å². The molecule has 1 spiro atoms. The van der Waals surface area contributed by atoms with Crippen LogP contribution in [0.1, 0.15) is 46.5 Å². The van der Waals surface area contributed by atoms with Crippen LogP contribution in [0.5, 0.6) is 0 Å². The van der Waals surface area contributed by atoms with Crippen LogP contribution < -0.4 is 0 Å². The summed E-state index contributed by atoms with van der Waals surface area (Å²) in [7, 11) is 1.87. The monoisotopic (exact) mass is 234 g/mol. The molecule has 0 radical (unpaired) electrons. The predicted molar refractivity (Wildman–Crippen MR) is 70.8 cm³/mol. The molecule has 17 heavy (non-hydrogen) atoms. The third-order valence-corrected chi connectivity index (χ3v) is 6.55. The van der Waals surface area contributed by atoms with E-state index in [9.17, 15) is 0 Å². The van der Waals surface area contributed by atoms with Gasteiger partial charge in [0, 0.05) is 12.5 Å². The van der Waals surface area contributed by atoms with Crippen molar-refractivity contribution in [2.75, 3.05) is 13.7 Å². The highest BCUT2D eigenvalue weighted by Gasteiger charge is 2.64. The number of allylic oxidation sites excluding steroid dienone is 2. The summed E-state index contributed by atoms with van der Waals surface area (Å²) in [4.78, 5) is 0. The van der Waals surface area contributed by atoms with Gasteiger partial charge in [-0.3, -0.25) is 0 Å². The first-order valence-electron chi connectivity index (χ1n) is 7.20. The summed E-state index contributed by atoms with van der Waals surface area (Å²) in [5.74, 6) is 2.59. The van der Waals surface area contributed by atoms with E-state index in [1.54, 1.807) is 5.57 Å². The van der Waals surface area contributed by atoms with Crippen molar-refractivity contribution < 1.29 is 4.74 Å². The minimum Gasteiger partial charge on any atom is -0.384 e. The summed E-state index contributed by atoms with van der Waals surface area (Å²) < 4.78 is 5.60. The topological polar surface area (TPSA) is 9.23 Å². The number of rotatable bonds is 2. The number of hydrogen-bond acceptors (Lipinski definition) is 1. The van der Waals surface area contributed by atoms with Crippen LogP contribution in [-0.4, -0.2) is 13.7 Å². The fourth-order valence-electron chi connectivity index (χ4n) is 5.63. The Morgan fingerprint density at radius 3 is 2.88 bits per heavy atom. The van der Waals surface area contributed by atoms with Crippen molar-refractivity contribution in [1.29, 1.82) is 0 Å². The minimum absolute atomic E-state index is 0.399. The molecule has 1 heteroatoms. The van der Waals surface area contributed by atoms with E-state index in [1.807, 2.05) is 7.11 Å². The van der Waals surface area contributed by atoms with Crippen LogP contribution in [0.25, 0.3) is 0 Å². The lowest BCUT2D eigenvalue weighted by atomic mass is 9.68. The number of methoxy groups -OCH3 is 1. The van der Waals surface area contributed by atoms with Gasteiger partial charge in [0.2, 0.25) is 0 Å². The van der Waals surface area contributed by atoms with Crippen LogP contribution in [0.3, 0.4) is 0 Å². The Kier molecular flexibility index (Phi) is 2.49. The van der Waals surface area contributed by atoms with Crippen molar-refractivity contribution in [3.05, 3.63) is 11.6 Å². The highest BCUT2D eigenvalue weighted by atomic mass is 16.5. The summed E-state index contributed by atoms with van der Waals surface area (Å²) in [5.41, 5.74) is 2.66. The molecule has 0 aliphatic heterocycles. The second-order valence-corrected chi connectivity index (χ2v) is 7.11. The molecule has 0 aromatic rings. The van der Waals surface area contributed by atoms with E-state index in [-0.39, 0.29) is 0 Å². The van der Waals surface area contributed by atoms with E-state index in [4.69, 9.17) is 4.74 Å². The van der Waals surface area contributed by atoms with Crippen molar-refractivity contribution in [2.24, 2.45) is 28.6 Å². The van der Waals surface area contributed by atoms with Crippen LogP contribution in [0.15, 0.2) is 11.6 Å². The Balaban J connectivity index is 2.05. The van der Waals surface area contributed by atoms with E-state index in [0.29, 0.717) is 10.8 Å². The first-order chi connectivity index (χ1) is 8.04. The predicted octanol–water partition coefficient (Wildman–Crippen LogP) is 4.04. The molecule has 3 aliphatic carbocycles. The van der Waals surface area contributed by atoms with E-state index < -0.39 is 0 Å². The minimum atomic E-state index is 0.399. The first-order valence-corrected chi connectivity index (χ1v) is 7.20. The van der Waals surface area contributed by atoms with E-state index in [1.165, 1.54) is 25.7 Å². The van der Waals surface area contributed by atoms with Gasteiger partial charge in [-0.15, -0.1) is 0 Å². The Hall–Kier alpha value is -0.300. The van der Waals surface area contributed by atoms with Gasteiger partial charge in [-0.25, -0.2) is 0 Å². The molecule has 3 unspecified atom stereocenters. The number of ether oxygens (including phenoxy) is 1. The van der Waals surface area contributed by atoms with Gasteiger partial charge in [0.05, 0.1) is 6.61 Å². The lowest BCUT2D eigenvalue weighted by Crippen LogP contribution is -2.35. The van der Waals surface area contributed by atoms with Crippen LogP contribution in [0.2, 0.25) is 0 Å².